The predicted molar refractivity (Wildman–Crippen MR) is 139 cm³/mol. The van der Waals surface area contributed by atoms with Crippen LogP contribution in [0.3, 0.4) is 0 Å². The summed E-state index contributed by atoms with van der Waals surface area (Å²) in [5.74, 6) is -1.43. The van der Waals surface area contributed by atoms with Gasteiger partial charge >= 0.3 is 5.97 Å². The summed E-state index contributed by atoms with van der Waals surface area (Å²) in [6, 6.07) is 14.7. The van der Waals surface area contributed by atoms with E-state index in [-0.39, 0.29) is 43.8 Å². The molecule has 0 saturated carbocycles. The van der Waals surface area contributed by atoms with Crippen molar-refractivity contribution in [1.29, 1.82) is 0 Å². The number of ether oxygens (including phenoxy) is 1. The number of halogens is 2. The van der Waals surface area contributed by atoms with Crippen molar-refractivity contribution in [2.24, 2.45) is 11.3 Å². The van der Waals surface area contributed by atoms with Gasteiger partial charge in [-0.2, -0.15) is 0 Å². The van der Waals surface area contributed by atoms with Crippen LogP contribution in [0.1, 0.15) is 50.2 Å². The van der Waals surface area contributed by atoms with Gasteiger partial charge in [-0.05, 0) is 55.9 Å². The van der Waals surface area contributed by atoms with Crippen LogP contribution in [0.5, 0.6) is 0 Å². The van der Waals surface area contributed by atoms with Gasteiger partial charge in [0.1, 0.15) is 5.41 Å². The van der Waals surface area contributed by atoms with Crippen molar-refractivity contribution in [3.05, 3.63) is 81.5 Å². The number of nitrogens with one attached hydrogen (secondary N) is 1. The van der Waals surface area contributed by atoms with Crippen molar-refractivity contribution in [3.8, 4) is 0 Å². The molecule has 1 fully saturated rings. The predicted octanol–water partition coefficient (Wildman–Crippen LogP) is 5.67. The molecule has 2 atom stereocenters. The number of amides is 2. The van der Waals surface area contributed by atoms with E-state index < -0.39 is 11.3 Å². The Balaban J connectivity index is 1.62. The van der Waals surface area contributed by atoms with Gasteiger partial charge in [0, 0.05) is 34.6 Å². The second-order valence-corrected chi connectivity index (χ2v) is 10.2. The fraction of sp³-hybridized carbons (Fsp3) is 0.393. The number of carbonyl (C=O) groups excluding carboxylic acids is 3. The maximum atomic E-state index is 13.8. The number of esters is 1. The molecule has 1 N–H and O–H groups in total. The summed E-state index contributed by atoms with van der Waals surface area (Å²) in [6.07, 6.45) is 4.34. The number of likely N-dealkylation sites (tertiary alicyclic amines) is 1. The molecule has 2 aromatic carbocycles. The van der Waals surface area contributed by atoms with Crippen molar-refractivity contribution in [2.45, 2.75) is 52.1 Å². The van der Waals surface area contributed by atoms with Crippen LogP contribution < -0.4 is 5.32 Å². The van der Waals surface area contributed by atoms with E-state index in [2.05, 4.69) is 5.32 Å². The monoisotopic (exact) mass is 528 g/mol. The van der Waals surface area contributed by atoms with Crippen LogP contribution in [0.25, 0.3) is 0 Å². The van der Waals surface area contributed by atoms with Gasteiger partial charge < -0.3 is 15.0 Å². The van der Waals surface area contributed by atoms with Gasteiger partial charge in [0.15, 0.2) is 0 Å². The molecule has 4 rings (SSSR count). The first-order valence-electron chi connectivity index (χ1n) is 12.3. The van der Waals surface area contributed by atoms with E-state index in [0.717, 1.165) is 18.4 Å². The van der Waals surface area contributed by atoms with Gasteiger partial charge in [-0.3, -0.25) is 14.4 Å². The molecule has 1 heterocycles. The minimum absolute atomic E-state index is 0.00898. The van der Waals surface area contributed by atoms with Crippen molar-refractivity contribution >= 4 is 41.0 Å². The third-order valence-electron chi connectivity index (χ3n) is 6.91. The van der Waals surface area contributed by atoms with Gasteiger partial charge in [0.05, 0.1) is 13.2 Å². The average Bonchev–Trinajstić information content (AvgIpc) is 2.87. The molecule has 36 heavy (non-hydrogen) atoms. The Kier molecular flexibility index (Phi) is 8.37. The van der Waals surface area contributed by atoms with Crippen molar-refractivity contribution in [1.82, 2.24) is 10.2 Å². The van der Waals surface area contributed by atoms with Crippen LogP contribution >= 0.6 is 23.2 Å². The zero-order valence-corrected chi connectivity index (χ0v) is 21.8. The van der Waals surface area contributed by atoms with Gasteiger partial charge in [-0.1, -0.05) is 65.7 Å². The second-order valence-electron chi connectivity index (χ2n) is 9.31. The SMILES string of the molecule is CCOC(=O)[C@]12CCCC=C1N(Cc1ccc(Cl)cc1Cl)C(=O)[C@H](CC(=O)NCc1ccccc1)C2. The molecule has 8 heteroatoms. The number of carbonyl (C=O) groups is 3. The van der Waals surface area contributed by atoms with E-state index in [1.807, 2.05) is 36.4 Å². The fourth-order valence-electron chi connectivity index (χ4n) is 5.18. The van der Waals surface area contributed by atoms with Crippen LogP contribution in [0.15, 0.2) is 60.3 Å². The summed E-state index contributed by atoms with van der Waals surface area (Å²) in [7, 11) is 0. The highest BCUT2D eigenvalue weighted by Gasteiger charge is 2.54. The molecule has 2 aromatic rings. The molecule has 2 amide bonds. The highest BCUT2D eigenvalue weighted by Crippen LogP contribution is 2.50. The van der Waals surface area contributed by atoms with Gasteiger partial charge in [0.25, 0.3) is 0 Å². The third-order valence-corrected chi connectivity index (χ3v) is 7.50. The second kappa shape index (κ2) is 11.5. The molecule has 1 saturated heterocycles. The molecule has 1 aliphatic carbocycles. The number of benzene rings is 2. The summed E-state index contributed by atoms with van der Waals surface area (Å²) in [5.41, 5.74) is 1.38. The Morgan fingerprint density at radius 1 is 1.17 bits per heavy atom. The Labute approximate surface area is 221 Å². The van der Waals surface area contributed by atoms with Crippen LogP contribution in [0.4, 0.5) is 0 Å². The molecule has 0 spiro atoms. The zero-order chi connectivity index (χ0) is 25.7. The maximum absolute atomic E-state index is 13.8. The lowest BCUT2D eigenvalue weighted by Crippen LogP contribution is -2.54. The normalized spacial score (nSPS) is 21.4. The van der Waals surface area contributed by atoms with Crippen LogP contribution in [0, 0.1) is 11.3 Å². The summed E-state index contributed by atoms with van der Waals surface area (Å²) < 4.78 is 5.51. The van der Waals surface area contributed by atoms with Crippen molar-refractivity contribution in [3.63, 3.8) is 0 Å². The first kappa shape index (κ1) is 26.2. The fourth-order valence-corrected chi connectivity index (χ4v) is 5.65. The first-order chi connectivity index (χ1) is 17.3. The number of rotatable bonds is 8. The smallest absolute Gasteiger partial charge is 0.318 e. The Hall–Kier alpha value is -2.83. The maximum Gasteiger partial charge on any atom is 0.318 e. The van der Waals surface area contributed by atoms with Crippen LogP contribution in [-0.2, 0) is 32.2 Å². The highest BCUT2D eigenvalue weighted by atomic mass is 35.5. The lowest BCUT2D eigenvalue weighted by Gasteiger charge is -2.48. The molecule has 0 radical (unpaired) electrons. The quantitative estimate of drug-likeness (QED) is 0.448. The number of allylic oxidation sites excluding steroid dienone is 1. The molecule has 1 aliphatic heterocycles. The number of fused-ring (bicyclic) bond motifs is 1. The highest BCUT2D eigenvalue weighted by molar-refractivity contribution is 6.35. The molecule has 0 unspecified atom stereocenters. The molecule has 2 aliphatic rings. The number of nitrogens with zero attached hydrogens (tertiary/aromatic N) is 1. The standard InChI is InChI=1S/C28H30Cl2N2O4/c1-2-36-27(35)28-13-7-6-10-24(28)32(18-20-11-12-22(29)15-23(20)30)26(34)21(16-28)14-25(33)31-17-19-8-4-3-5-9-19/h3-5,8-12,15,21H,2,6-7,13-14,16-18H2,1H3,(H,31,33)/t21-,28+/m1/s1. The van der Waals surface area contributed by atoms with Gasteiger partial charge in [-0.25, -0.2) is 0 Å². The van der Waals surface area contributed by atoms with Crippen molar-refractivity contribution < 1.29 is 19.1 Å². The van der Waals surface area contributed by atoms with E-state index in [0.29, 0.717) is 34.3 Å². The number of piperidine rings is 1. The van der Waals surface area contributed by atoms with E-state index in [1.54, 1.807) is 30.0 Å². The van der Waals surface area contributed by atoms with Crippen molar-refractivity contribution in [2.75, 3.05) is 6.61 Å². The minimum Gasteiger partial charge on any atom is -0.465 e. The van der Waals surface area contributed by atoms with E-state index in [1.165, 1.54) is 0 Å². The Morgan fingerprint density at radius 3 is 2.67 bits per heavy atom. The van der Waals surface area contributed by atoms with Gasteiger partial charge in [0.2, 0.25) is 11.8 Å². The van der Waals surface area contributed by atoms with E-state index >= 15 is 0 Å². The molecule has 190 valence electrons. The zero-order valence-electron chi connectivity index (χ0n) is 20.3. The molecular weight excluding hydrogens is 499 g/mol. The third kappa shape index (κ3) is 5.60. The van der Waals surface area contributed by atoms with Crippen LogP contribution in [-0.4, -0.2) is 29.3 Å². The summed E-state index contributed by atoms with van der Waals surface area (Å²) >= 11 is 12.5. The Morgan fingerprint density at radius 2 is 1.94 bits per heavy atom. The molecule has 0 aromatic heterocycles. The summed E-state index contributed by atoms with van der Waals surface area (Å²) in [4.78, 5) is 41.7. The number of hydrogen-bond donors (Lipinski definition) is 1. The van der Waals surface area contributed by atoms with Gasteiger partial charge in [-0.15, -0.1) is 0 Å². The average molecular weight is 529 g/mol. The summed E-state index contributed by atoms with van der Waals surface area (Å²) in [6.45, 7) is 2.57. The molecule has 6 nitrogen and oxygen atoms in total. The van der Waals surface area contributed by atoms with E-state index in [4.69, 9.17) is 27.9 Å². The molecule has 0 bridgehead atoms. The van der Waals surface area contributed by atoms with Crippen LogP contribution in [0.2, 0.25) is 10.0 Å². The lowest BCUT2D eigenvalue weighted by atomic mass is 9.66. The minimum atomic E-state index is -0.967. The summed E-state index contributed by atoms with van der Waals surface area (Å²) in [5, 5.41) is 3.85. The van der Waals surface area contributed by atoms with E-state index in [9.17, 15) is 14.4 Å². The number of hydrogen-bond acceptors (Lipinski definition) is 4. The Bertz CT molecular complexity index is 1170. The largest absolute Gasteiger partial charge is 0.465 e. The molecular formula is C28H30Cl2N2O4. The first-order valence-corrected chi connectivity index (χ1v) is 13.0. The topological polar surface area (TPSA) is 75.7 Å². The lowest BCUT2D eigenvalue weighted by molar-refractivity contribution is -0.162.